The number of urea groups is 1. The monoisotopic (exact) mass is 1270 g/mol. The van der Waals surface area contributed by atoms with Crippen molar-refractivity contribution < 1.29 is 83.6 Å². The molecule has 9 amide bonds. The molecule has 5 aliphatic rings. The molecule has 0 aliphatic carbocycles. The fourth-order valence-electron chi connectivity index (χ4n) is 12.2. The fourth-order valence-corrected chi connectivity index (χ4v) is 12.2. The van der Waals surface area contributed by atoms with Gasteiger partial charge in [0.15, 0.2) is 0 Å². The number of aliphatic hydroxyl groups excluding tert-OH is 6. The first-order valence-electron chi connectivity index (χ1n) is 32.4. The zero-order valence-electron chi connectivity index (χ0n) is 52.8. The minimum absolute atomic E-state index is 0.0244. The van der Waals surface area contributed by atoms with E-state index in [2.05, 4.69) is 66.2 Å². The summed E-state index contributed by atoms with van der Waals surface area (Å²) in [5, 5.41) is 101. The molecule has 5 heterocycles. The maximum atomic E-state index is 14.8. The Bertz CT molecular complexity index is 2460. The molecule has 29 nitrogen and oxygen atoms in total. The molecule has 15 N–H and O–H groups in total. The van der Waals surface area contributed by atoms with Crippen LogP contribution >= 0.6 is 0 Å². The molecule has 1 aromatic rings. The highest BCUT2D eigenvalue weighted by Gasteiger charge is 2.49. The third kappa shape index (κ3) is 22.0. The van der Waals surface area contributed by atoms with Gasteiger partial charge in [0.2, 0.25) is 35.4 Å². The molecule has 0 bridgehead atoms. The Morgan fingerprint density at radius 1 is 0.700 bits per heavy atom. The van der Waals surface area contributed by atoms with Crippen LogP contribution in [0.1, 0.15) is 123 Å². The van der Waals surface area contributed by atoms with Crippen LogP contribution in [-0.2, 0) is 43.0 Å². The Morgan fingerprint density at radius 2 is 1.31 bits per heavy atom. The molecular weight excluding hydrogens is 1170 g/mol. The predicted molar refractivity (Wildman–Crippen MR) is 327 cm³/mol. The van der Waals surface area contributed by atoms with E-state index in [1.165, 1.54) is 44.0 Å². The van der Waals surface area contributed by atoms with Gasteiger partial charge in [-0.15, -0.1) is 0 Å². The minimum atomic E-state index is -2.11. The first kappa shape index (κ1) is 73.4. The van der Waals surface area contributed by atoms with Crippen molar-refractivity contribution in [3.05, 3.63) is 29.8 Å². The van der Waals surface area contributed by atoms with Crippen LogP contribution in [0.3, 0.4) is 0 Å². The van der Waals surface area contributed by atoms with Crippen molar-refractivity contribution >= 4 is 47.4 Å². The minimum Gasteiger partial charge on any atom is -0.508 e. The van der Waals surface area contributed by atoms with E-state index in [1.807, 2.05) is 0 Å². The summed E-state index contributed by atoms with van der Waals surface area (Å²) in [5.74, 6) is -7.55. The molecule has 0 saturated carbocycles. The number of aromatic hydroxyl groups is 1. The summed E-state index contributed by atoms with van der Waals surface area (Å²) in [5.41, 5.74) is 0.307. The highest BCUT2D eigenvalue weighted by Crippen LogP contribution is 2.27. The molecule has 5 unspecified atom stereocenters. The number of aliphatic hydroxyl groups is 6. The molecule has 90 heavy (non-hydrogen) atoms. The highest BCUT2D eigenvalue weighted by molar-refractivity contribution is 6.02. The van der Waals surface area contributed by atoms with Gasteiger partial charge in [-0.1, -0.05) is 90.7 Å². The van der Waals surface area contributed by atoms with Gasteiger partial charge in [0.05, 0.1) is 63.5 Å². The number of amides is 9. The van der Waals surface area contributed by atoms with Gasteiger partial charge >= 0.3 is 6.03 Å². The van der Waals surface area contributed by atoms with E-state index in [-0.39, 0.29) is 31.8 Å². The lowest BCUT2D eigenvalue weighted by Gasteiger charge is -2.34. The van der Waals surface area contributed by atoms with Crippen LogP contribution in [0.4, 0.5) is 4.79 Å². The van der Waals surface area contributed by atoms with Gasteiger partial charge in [0.1, 0.15) is 54.3 Å². The lowest BCUT2D eigenvalue weighted by Crippen LogP contribution is -2.64. The van der Waals surface area contributed by atoms with E-state index < -0.39 is 158 Å². The number of hydrogen-bond acceptors (Lipinski definition) is 21. The second kappa shape index (κ2) is 37.1. The Balaban J connectivity index is 1.33. The molecule has 1 aromatic carbocycles. The summed E-state index contributed by atoms with van der Waals surface area (Å²) in [7, 11) is 0. The summed E-state index contributed by atoms with van der Waals surface area (Å²) >= 11 is 0. The molecular formula is C61H102N12O17. The third-order valence-electron chi connectivity index (χ3n) is 17.9. The smallest absolute Gasteiger partial charge is 0.322 e. The molecule has 15 atom stereocenters. The summed E-state index contributed by atoms with van der Waals surface area (Å²) in [6.07, 6.45) is -1.06. The van der Waals surface area contributed by atoms with Gasteiger partial charge in [-0.3, -0.25) is 54.0 Å². The van der Waals surface area contributed by atoms with E-state index in [0.717, 1.165) is 48.3 Å². The standard InChI is InChI=1S/C61H102N12O17/c1-5-37(2)14-12-10-8-6-7-9-11-13-15-47(79)64-43-33-46(78)54(63-21-23-71-26-30-90-31-27-71)68-58(85)51-52(80)38(3)34-73(51)59(86)44(36-74)65-57(84)50(53(81)49(40-16-18-41(76)19-17-40)62-20-22-70-24-28-89-29-25-70)67-61(88)69-56(83)45-32-42(77)35-72(45)60(87)48(39(4)75)66-55(43)82/h16-19,37-39,42-46,48-54,62-63,74-78,80-81H,5-15,20-36H2,1-4H3,(H,64,79)(H,65,84)(H,66,82)(H,68,85)(H2,67,69,83,88)/t37?,38-,39+,42+,43-,44?,45-,46+,48-,49?,50?,51?,52-,53+,54-/m0/s1. The number of phenols is 1. The van der Waals surface area contributed by atoms with Crippen molar-refractivity contribution in [1.82, 2.24) is 62.1 Å². The number of nitrogens with zero attached hydrogens (tertiary/aromatic N) is 4. The van der Waals surface area contributed by atoms with Crippen LogP contribution in [0, 0.1) is 11.8 Å². The number of phenolic OH excluding ortho intramolecular Hbond substituents is 1. The SMILES string of the molecule is CCC(C)CCCCCCCCCCC(=O)N[C@H]1C[C@@H](O)[C@@H](NCCN2CCOCC2)NC(=O)C2[C@@H](O)[C@@H](C)CN2C(=O)C(CO)NC(=O)C([C@H](O)C(NCCN2CCOCC2)c2ccc(O)cc2)NC(=O)NC(=O)[C@@H]2C[C@@H](O)CN2C(=O)[C@H]([C@@H](C)O)NC1=O. The van der Waals surface area contributed by atoms with Gasteiger partial charge in [0.25, 0.3) is 5.91 Å². The van der Waals surface area contributed by atoms with Crippen LogP contribution in [0.15, 0.2) is 24.3 Å². The third-order valence-corrected chi connectivity index (χ3v) is 17.9. The number of imide groups is 1. The Hall–Kier alpha value is -5.70. The summed E-state index contributed by atoms with van der Waals surface area (Å²) in [4.78, 5) is 122. The first-order chi connectivity index (χ1) is 43.1. The van der Waals surface area contributed by atoms with E-state index in [1.54, 1.807) is 6.92 Å². The van der Waals surface area contributed by atoms with Crippen molar-refractivity contribution in [2.24, 2.45) is 11.8 Å². The molecule has 5 fully saturated rings. The van der Waals surface area contributed by atoms with E-state index in [9.17, 15) is 74.1 Å². The molecule has 0 radical (unpaired) electrons. The van der Waals surface area contributed by atoms with Crippen molar-refractivity contribution in [2.45, 2.75) is 190 Å². The van der Waals surface area contributed by atoms with Crippen LogP contribution in [0.5, 0.6) is 5.75 Å². The lowest BCUT2D eigenvalue weighted by atomic mass is 9.95. The van der Waals surface area contributed by atoms with Crippen molar-refractivity contribution in [3.63, 3.8) is 0 Å². The van der Waals surface area contributed by atoms with Gasteiger partial charge < -0.3 is 86.9 Å². The van der Waals surface area contributed by atoms with Crippen LogP contribution < -0.4 is 42.5 Å². The van der Waals surface area contributed by atoms with Crippen LogP contribution in [-0.4, -0.2) is 274 Å². The fraction of sp³-hybridized carbons (Fsp3) is 0.770. The highest BCUT2D eigenvalue weighted by atomic mass is 16.5. The molecule has 6 rings (SSSR count). The molecule has 0 aromatic heterocycles. The summed E-state index contributed by atoms with van der Waals surface area (Å²) in [6, 6.07) is -8.03. The Kier molecular flexibility index (Phi) is 30.2. The number of hydrogen-bond donors (Lipinski definition) is 15. The Morgan fingerprint density at radius 3 is 1.92 bits per heavy atom. The zero-order valence-corrected chi connectivity index (χ0v) is 52.8. The molecule has 508 valence electrons. The van der Waals surface area contributed by atoms with Gasteiger partial charge in [-0.25, -0.2) is 4.79 Å². The number of benzene rings is 1. The number of unbranched alkanes of at least 4 members (excludes halogenated alkanes) is 7. The number of carbonyl (C=O) groups excluding carboxylic acids is 8. The Labute approximate surface area is 527 Å². The van der Waals surface area contributed by atoms with Crippen LogP contribution in [0.25, 0.3) is 0 Å². The second-order valence-corrected chi connectivity index (χ2v) is 24.9. The average Bonchev–Trinajstić information content (AvgIpc) is 2.80. The number of carbonyl (C=O) groups is 8. The molecule has 5 saturated heterocycles. The van der Waals surface area contributed by atoms with Crippen molar-refractivity contribution in [1.29, 1.82) is 0 Å². The number of morpholine rings is 2. The number of fused-ring (bicyclic) bond motifs is 2. The van der Waals surface area contributed by atoms with E-state index in [4.69, 9.17) is 9.47 Å². The zero-order chi connectivity index (χ0) is 65.4. The summed E-state index contributed by atoms with van der Waals surface area (Å²) < 4.78 is 11.0. The quantitative estimate of drug-likeness (QED) is 0.0411. The van der Waals surface area contributed by atoms with Gasteiger partial charge in [-0.2, -0.15) is 0 Å². The van der Waals surface area contributed by atoms with Crippen molar-refractivity contribution in [2.75, 3.05) is 98.5 Å². The van der Waals surface area contributed by atoms with E-state index in [0.29, 0.717) is 90.0 Å². The van der Waals surface area contributed by atoms with Gasteiger partial charge in [0, 0.05) is 90.6 Å². The lowest BCUT2D eigenvalue weighted by molar-refractivity contribution is -0.145. The average molecular weight is 1280 g/mol. The molecule has 5 aliphatic heterocycles. The number of ether oxygens (including phenoxy) is 2. The number of nitrogens with one attached hydrogen (secondary N) is 8. The number of rotatable bonds is 26. The van der Waals surface area contributed by atoms with Crippen molar-refractivity contribution in [3.8, 4) is 5.75 Å². The second-order valence-electron chi connectivity index (χ2n) is 24.9. The predicted octanol–water partition coefficient (Wildman–Crippen LogP) is -3.02. The summed E-state index contributed by atoms with van der Waals surface area (Å²) in [6.45, 7) is 10.6. The largest absolute Gasteiger partial charge is 0.508 e. The topological polar surface area (TPSA) is 406 Å². The van der Waals surface area contributed by atoms with Gasteiger partial charge in [-0.05, 0) is 37.0 Å². The maximum Gasteiger partial charge on any atom is 0.322 e. The first-order valence-corrected chi connectivity index (χ1v) is 32.4. The molecule has 0 spiro atoms. The molecule has 29 heteroatoms. The normalized spacial score (nSPS) is 29.0. The van der Waals surface area contributed by atoms with Crippen LogP contribution in [0.2, 0.25) is 0 Å². The van der Waals surface area contributed by atoms with E-state index >= 15 is 0 Å². The maximum absolute atomic E-state index is 14.8.